The summed E-state index contributed by atoms with van der Waals surface area (Å²) < 4.78 is 2.09. The Bertz CT molecular complexity index is 1540. The maximum absolute atomic E-state index is 13.9. The van der Waals surface area contributed by atoms with Crippen LogP contribution in [0.15, 0.2) is 84.9 Å². The molecule has 0 aliphatic carbocycles. The lowest BCUT2D eigenvalue weighted by molar-refractivity contribution is 0.0726. The number of amides is 2. The molecule has 2 aliphatic rings. The molecule has 0 radical (unpaired) electrons. The molecule has 198 valence electrons. The van der Waals surface area contributed by atoms with Gasteiger partial charge in [-0.3, -0.25) is 9.59 Å². The smallest absolute Gasteiger partial charge is 0.270 e. The van der Waals surface area contributed by atoms with Crippen molar-refractivity contribution in [2.75, 3.05) is 32.1 Å². The van der Waals surface area contributed by atoms with Crippen LogP contribution in [0, 0.1) is 6.92 Å². The summed E-state index contributed by atoms with van der Waals surface area (Å²) in [6.07, 6.45) is 0.986. The maximum atomic E-state index is 13.9. The lowest BCUT2D eigenvalue weighted by Crippen LogP contribution is -2.39. The quantitative estimate of drug-likeness (QED) is 0.361. The lowest BCUT2D eigenvalue weighted by Gasteiger charge is -2.25. The zero-order valence-corrected chi connectivity index (χ0v) is 22.8. The van der Waals surface area contributed by atoms with Crippen molar-refractivity contribution in [1.82, 2.24) is 14.4 Å². The van der Waals surface area contributed by atoms with Crippen molar-refractivity contribution >= 4 is 17.5 Å². The van der Waals surface area contributed by atoms with Crippen LogP contribution < -0.4 is 4.90 Å². The summed E-state index contributed by atoms with van der Waals surface area (Å²) in [4.78, 5) is 33.5. The Morgan fingerprint density at radius 3 is 2.36 bits per heavy atom. The van der Waals surface area contributed by atoms with Crippen molar-refractivity contribution in [3.8, 4) is 11.1 Å². The molecule has 2 amide bonds. The summed E-state index contributed by atoms with van der Waals surface area (Å²) in [7, 11) is 4.01. The first-order valence-corrected chi connectivity index (χ1v) is 13.6. The van der Waals surface area contributed by atoms with E-state index in [2.05, 4.69) is 41.6 Å². The number of hydrogen-bond donors (Lipinski definition) is 0. The first kappa shape index (κ1) is 25.1. The molecule has 0 N–H and O–H groups in total. The summed E-state index contributed by atoms with van der Waals surface area (Å²) in [6, 6.07) is 28.3. The van der Waals surface area contributed by atoms with Crippen LogP contribution in [0.25, 0.3) is 11.1 Å². The average Bonchev–Trinajstić information content (AvgIpc) is 3.53. The number of nitrogens with zero attached hydrogens (tertiary/aromatic N) is 4. The van der Waals surface area contributed by atoms with Crippen LogP contribution in [0.4, 0.5) is 5.69 Å². The van der Waals surface area contributed by atoms with E-state index in [9.17, 15) is 9.59 Å². The fraction of sp³-hybridized carbons (Fsp3) is 0.273. The second-order valence-corrected chi connectivity index (χ2v) is 10.8. The van der Waals surface area contributed by atoms with Gasteiger partial charge in [0.05, 0.1) is 13.1 Å². The van der Waals surface area contributed by atoms with Crippen LogP contribution in [-0.4, -0.2) is 59.4 Å². The van der Waals surface area contributed by atoms with E-state index in [4.69, 9.17) is 0 Å². The first-order chi connectivity index (χ1) is 18.9. The highest BCUT2D eigenvalue weighted by molar-refractivity contribution is 6.07. The number of likely N-dealkylation sites (tertiary alicyclic amines) is 1. The molecule has 6 rings (SSSR count). The second kappa shape index (κ2) is 10.2. The monoisotopic (exact) mass is 518 g/mol. The maximum Gasteiger partial charge on any atom is 0.270 e. The zero-order valence-electron chi connectivity index (χ0n) is 22.8. The number of carbonyl (C=O) groups is 2. The predicted octanol–water partition coefficient (Wildman–Crippen LogP) is 5.45. The van der Waals surface area contributed by atoms with Gasteiger partial charge in [-0.15, -0.1) is 0 Å². The van der Waals surface area contributed by atoms with Crippen LogP contribution in [0.1, 0.15) is 44.1 Å². The van der Waals surface area contributed by atoms with Crippen molar-refractivity contribution in [2.24, 2.45) is 0 Å². The number of para-hydroxylation sites is 1. The molecule has 1 unspecified atom stereocenters. The van der Waals surface area contributed by atoms with Crippen molar-refractivity contribution in [3.05, 3.63) is 113 Å². The number of aryl methyl sites for hydroxylation is 1. The average molecular weight is 519 g/mol. The molecule has 2 aliphatic heterocycles. The topological polar surface area (TPSA) is 48.8 Å². The molecule has 0 saturated carbocycles. The highest BCUT2D eigenvalue weighted by Gasteiger charge is 2.31. The van der Waals surface area contributed by atoms with E-state index in [-0.39, 0.29) is 17.9 Å². The largest absolute Gasteiger partial charge is 0.336 e. The Hall–Kier alpha value is -4.16. The van der Waals surface area contributed by atoms with Gasteiger partial charge in [0.15, 0.2) is 0 Å². The highest BCUT2D eigenvalue weighted by atomic mass is 16.2. The summed E-state index contributed by atoms with van der Waals surface area (Å²) in [5.41, 5.74) is 7.65. The van der Waals surface area contributed by atoms with Gasteiger partial charge in [0, 0.05) is 36.6 Å². The van der Waals surface area contributed by atoms with Crippen LogP contribution in [0.5, 0.6) is 0 Å². The molecule has 3 aromatic carbocycles. The molecule has 4 aromatic rings. The molecular formula is C33H34N4O2. The first-order valence-electron chi connectivity index (χ1n) is 13.6. The van der Waals surface area contributed by atoms with Crippen LogP contribution >= 0.6 is 0 Å². The Kier molecular flexibility index (Phi) is 6.57. The number of hydrogen-bond acceptors (Lipinski definition) is 3. The Balaban J connectivity index is 1.31. The van der Waals surface area contributed by atoms with Crippen LogP contribution in [-0.2, 0) is 13.1 Å². The minimum Gasteiger partial charge on any atom is -0.336 e. The van der Waals surface area contributed by atoms with Crippen LogP contribution in [0.2, 0.25) is 0 Å². The molecule has 1 saturated heterocycles. The normalized spacial score (nSPS) is 16.9. The molecule has 1 fully saturated rings. The third kappa shape index (κ3) is 4.66. The minimum absolute atomic E-state index is 0.0330. The van der Waals surface area contributed by atoms with Crippen molar-refractivity contribution in [1.29, 1.82) is 0 Å². The summed E-state index contributed by atoms with van der Waals surface area (Å²) in [5, 5.41) is 0. The molecular weight excluding hydrogens is 484 g/mol. The Morgan fingerprint density at radius 1 is 0.872 bits per heavy atom. The van der Waals surface area contributed by atoms with Gasteiger partial charge in [-0.2, -0.15) is 0 Å². The van der Waals surface area contributed by atoms with Crippen molar-refractivity contribution in [3.63, 3.8) is 0 Å². The number of fused-ring (bicyclic) bond motifs is 2. The third-order valence-corrected chi connectivity index (χ3v) is 8.29. The number of anilines is 1. The summed E-state index contributed by atoms with van der Waals surface area (Å²) >= 11 is 0. The second-order valence-electron chi connectivity index (χ2n) is 10.8. The number of rotatable bonds is 4. The Labute approximate surface area is 230 Å². The SMILES string of the molecule is Cc1ccccc1-c1ccc(C(=O)N2Cc3ccc(C(=O)N(C)C4CCN(C)C4)n3Cc3ccccc32)cc1. The van der Waals surface area contributed by atoms with E-state index in [1.54, 1.807) is 0 Å². The molecule has 1 atom stereocenters. The standard InChI is InChI=1S/C33H34N4O2/c1-23-8-4-6-10-29(23)24-12-14-25(15-13-24)32(38)37-22-28-16-17-31(33(39)35(3)27-18-19-34(2)21-27)36(28)20-26-9-5-7-11-30(26)37/h4-17,27H,18-22H2,1-3H3. The van der Waals surface area contributed by atoms with Gasteiger partial charge in [-0.1, -0.05) is 54.6 Å². The van der Waals surface area contributed by atoms with Crippen molar-refractivity contribution < 1.29 is 9.59 Å². The Morgan fingerprint density at radius 2 is 1.62 bits per heavy atom. The van der Waals surface area contributed by atoms with Gasteiger partial charge >= 0.3 is 0 Å². The van der Waals surface area contributed by atoms with E-state index in [1.807, 2.05) is 83.6 Å². The van der Waals surface area contributed by atoms with E-state index >= 15 is 0 Å². The number of likely N-dealkylation sites (N-methyl/N-ethyl adjacent to an activating group) is 2. The van der Waals surface area contributed by atoms with Gasteiger partial charge < -0.3 is 19.3 Å². The predicted molar refractivity (Wildman–Crippen MR) is 155 cm³/mol. The fourth-order valence-corrected chi connectivity index (χ4v) is 5.95. The lowest BCUT2D eigenvalue weighted by atomic mass is 9.99. The fourth-order valence-electron chi connectivity index (χ4n) is 5.95. The van der Waals surface area contributed by atoms with Gasteiger partial charge in [-0.05, 0) is 79.5 Å². The third-order valence-electron chi connectivity index (χ3n) is 8.29. The van der Waals surface area contributed by atoms with E-state index < -0.39 is 0 Å². The molecule has 3 heterocycles. The van der Waals surface area contributed by atoms with Gasteiger partial charge in [0.1, 0.15) is 5.69 Å². The van der Waals surface area contributed by atoms with Gasteiger partial charge in [0.25, 0.3) is 11.8 Å². The van der Waals surface area contributed by atoms with Gasteiger partial charge in [0.2, 0.25) is 0 Å². The van der Waals surface area contributed by atoms with E-state index in [1.165, 1.54) is 11.1 Å². The zero-order chi connectivity index (χ0) is 27.1. The minimum atomic E-state index is -0.0487. The highest BCUT2D eigenvalue weighted by Crippen LogP contribution is 2.31. The summed E-state index contributed by atoms with van der Waals surface area (Å²) in [6.45, 7) is 4.95. The summed E-state index contributed by atoms with van der Waals surface area (Å²) in [5.74, 6) is -0.0157. The molecule has 39 heavy (non-hydrogen) atoms. The van der Waals surface area contributed by atoms with Crippen LogP contribution in [0.3, 0.4) is 0 Å². The molecule has 1 aromatic heterocycles. The molecule has 6 heteroatoms. The molecule has 0 bridgehead atoms. The number of benzene rings is 3. The van der Waals surface area contributed by atoms with E-state index in [0.717, 1.165) is 42.0 Å². The number of aromatic nitrogens is 1. The number of carbonyl (C=O) groups excluding carboxylic acids is 2. The van der Waals surface area contributed by atoms with Gasteiger partial charge in [-0.25, -0.2) is 0 Å². The molecule has 0 spiro atoms. The van der Waals surface area contributed by atoms with Crippen molar-refractivity contribution in [2.45, 2.75) is 32.5 Å². The molecule has 6 nitrogen and oxygen atoms in total. The van der Waals surface area contributed by atoms with E-state index in [0.29, 0.717) is 24.3 Å².